The number of hydrogen-bond acceptors (Lipinski definition) is 4. The Bertz CT molecular complexity index is 545. The SMILES string of the molecule is Cl.Cn1cc(S(=O)(=O)N2CCC3CNCC3C2)cn1. The minimum atomic E-state index is -3.36. The Labute approximate surface area is 119 Å². The lowest BCUT2D eigenvalue weighted by molar-refractivity contribution is 0.228. The predicted molar refractivity (Wildman–Crippen MR) is 73.7 cm³/mol. The smallest absolute Gasteiger partial charge is 0.246 e. The van der Waals surface area contributed by atoms with E-state index in [2.05, 4.69) is 10.4 Å². The fourth-order valence-corrected chi connectivity index (χ4v) is 4.40. The van der Waals surface area contributed by atoms with Gasteiger partial charge in [0.25, 0.3) is 0 Å². The second kappa shape index (κ2) is 5.40. The Morgan fingerprint density at radius 2 is 2.11 bits per heavy atom. The van der Waals surface area contributed by atoms with Gasteiger partial charge in [0.1, 0.15) is 4.90 Å². The van der Waals surface area contributed by atoms with Gasteiger partial charge in [0.05, 0.1) is 6.20 Å². The average molecular weight is 307 g/mol. The molecule has 0 aromatic carbocycles. The first-order valence-corrected chi connectivity index (χ1v) is 7.71. The third kappa shape index (κ3) is 2.65. The van der Waals surface area contributed by atoms with Crippen LogP contribution in [-0.2, 0) is 17.1 Å². The summed E-state index contributed by atoms with van der Waals surface area (Å²) in [6, 6.07) is 0. The molecule has 19 heavy (non-hydrogen) atoms. The van der Waals surface area contributed by atoms with Gasteiger partial charge in [-0.15, -0.1) is 12.4 Å². The maximum atomic E-state index is 12.4. The van der Waals surface area contributed by atoms with Crippen molar-refractivity contribution in [2.45, 2.75) is 11.3 Å². The predicted octanol–water partition coefficient (Wildman–Crippen LogP) is 0.0719. The van der Waals surface area contributed by atoms with Gasteiger partial charge in [0.2, 0.25) is 10.0 Å². The molecule has 0 amide bonds. The number of piperidine rings is 1. The summed E-state index contributed by atoms with van der Waals surface area (Å²) >= 11 is 0. The molecule has 2 unspecified atom stereocenters. The van der Waals surface area contributed by atoms with Crippen LogP contribution in [0.1, 0.15) is 6.42 Å². The molecule has 0 saturated carbocycles. The molecule has 2 fully saturated rings. The van der Waals surface area contributed by atoms with Crippen molar-refractivity contribution in [1.82, 2.24) is 19.4 Å². The van der Waals surface area contributed by atoms with Crippen LogP contribution >= 0.6 is 12.4 Å². The number of sulfonamides is 1. The molecule has 0 spiro atoms. The number of aromatic nitrogens is 2. The van der Waals surface area contributed by atoms with E-state index in [1.54, 1.807) is 17.5 Å². The van der Waals surface area contributed by atoms with Gasteiger partial charge in [-0.2, -0.15) is 9.40 Å². The first-order valence-electron chi connectivity index (χ1n) is 6.27. The lowest BCUT2D eigenvalue weighted by Gasteiger charge is -2.33. The molecule has 1 aromatic heterocycles. The molecule has 108 valence electrons. The van der Waals surface area contributed by atoms with Crippen molar-refractivity contribution in [2.24, 2.45) is 18.9 Å². The van der Waals surface area contributed by atoms with Crippen LogP contribution in [-0.4, -0.2) is 48.7 Å². The Morgan fingerprint density at radius 3 is 2.79 bits per heavy atom. The molecule has 6 nitrogen and oxygen atoms in total. The largest absolute Gasteiger partial charge is 0.316 e. The number of fused-ring (bicyclic) bond motifs is 1. The minimum absolute atomic E-state index is 0. The quantitative estimate of drug-likeness (QED) is 0.840. The maximum Gasteiger partial charge on any atom is 0.246 e. The van der Waals surface area contributed by atoms with Gasteiger partial charge in [-0.1, -0.05) is 0 Å². The summed E-state index contributed by atoms with van der Waals surface area (Å²) in [7, 11) is -1.63. The Balaban J connectivity index is 0.00000133. The molecular formula is C11H19ClN4O2S. The van der Waals surface area contributed by atoms with Crippen LogP contribution in [0.3, 0.4) is 0 Å². The van der Waals surface area contributed by atoms with Crippen LogP contribution in [0, 0.1) is 11.8 Å². The molecule has 0 radical (unpaired) electrons. The summed E-state index contributed by atoms with van der Waals surface area (Å²) in [4.78, 5) is 0.300. The summed E-state index contributed by atoms with van der Waals surface area (Å²) in [5.74, 6) is 1.11. The van der Waals surface area contributed by atoms with Gasteiger partial charge < -0.3 is 5.32 Å². The Morgan fingerprint density at radius 1 is 1.37 bits per heavy atom. The molecule has 3 heterocycles. The fraction of sp³-hybridized carbons (Fsp3) is 0.727. The highest BCUT2D eigenvalue weighted by molar-refractivity contribution is 7.89. The maximum absolute atomic E-state index is 12.4. The van der Waals surface area contributed by atoms with Crippen LogP contribution in [0.5, 0.6) is 0 Å². The molecule has 2 aliphatic heterocycles. The lowest BCUT2D eigenvalue weighted by Crippen LogP contribution is -2.43. The Kier molecular flexibility index (Phi) is 4.20. The van der Waals surface area contributed by atoms with Gasteiger partial charge in [-0.05, 0) is 31.3 Å². The normalized spacial score (nSPS) is 27.8. The monoisotopic (exact) mass is 306 g/mol. The van der Waals surface area contributed by atoms with Crippen molar-refractivity contribution in [3.63, 3.8) is 0 Å². The van der Waals surface area contributed by atoms with Gasteiger partial charge >= 0.3 is 0 Å². The highest BCUT2D eigenvalue weighted by Crippen LogP contribution is 2.29. The van der Waals surface area contributed by atoms with Crippen LogP contribution in [0.4, 0.5) is 0 Å². The van der Waals surface area contributed by atoms with Gasteiger partial charge in [-0.25, -0.2) is 8.42 Å². The number of nitrogens with one attached hydrogen (secondary N) is 1. The van der Waals surface area contributed by atoms with Crippen molar-refractivity contribution < 1.29 is 8.42 Å². The number of rotatable bonds is 2. The third-order valence-corrected chi connectivity index (χ3v) is 5.80. The zero-order valence-corrected chi connectivity index (χ0v) is 12.5. The minimum Gasteiger partial charge on any atom is -0.316 e. The van der Waals surface area contributed by atoms with Crippen LogP contribution in [0.2, 0.25) is 0 Å². The second-order valence-corrected chi connectivity index (χ2v) is 7.12. The highest BCUT2D eigenvalue weighted by atomic mass is 35.5. The van der Waals surface area contributed by atoms with Crippen molar-refractivity contribution in [3.05, 3.63) is 12.4 Å². The zero-order valence-electron chi connectivity index (χ0n) is 10.8. The van der Waals surface area contributed by atoms with Crippen molar-refractivity contribution >= 4 is 22.4 Å². The Hall–Kier alpha value is -0.630. The van der Waals surface area contributed by atoms with Gasteiger partial charge in [0, 0.05) is 26.3 Å². The number of halogens is 1. The number of nitrogens with zero attached hydrogens (tertiary/aromatic N) is 3. The molecule has 1 aromatic rings. The molecular weight excluding hydrogens is 288 g/mol. The lowest BCUT2D eigenvalue weighted by atomic mass is 9.90. The summed E-state index contributed by atoms with van der Waals surface area (Å²) in [5.41, 5.74) is 0. The van der Waals surface area contributed by atoms with Crippen molar-refractivity contribution in [3.8, 4) is 0 Å². The second-order valence-electron chi connectivity index (χ2n) is 5.18. The van der Waals surface area contributed by atoms with E-state index in [-0.39, 0.29) is 12.4 Å². The standard InChI is InChI=1S/C11H18N4O2S.ClH/c1-14-8-11(6-13-14)18(16,17)15-3-2-9-4-12-5-10(9)7-15;/h6,8-10,12H,2-5,7H2,1H3;1H. The van der Waals surface area contributed by atoms with E-state index in [9.17, 15) is 8.42 Å². The molecule has 1 N–H and O–H groups in total. The van der Waals surface area contributed by atoms with Crippen LogP contribution in [0.15, 0.2) is 17.3 Å². The topological polar surface area (TPSA) is 67.2 Å². The van der Waals surface area contributed by atoms with Crippen LogP contribution < -0.4 is 5.32 Å². The fourth-order valence-electron chi connectivity index (χ4n) is 2.90. The van der Waals surface area contributed by atoms with E-state index >= 15 is 0 Å². The van der Waals surface area contributed by atoms with E-state index in [1.165, 1.54) is 10.9 Å². The van der Waals surface area contributed by atoms with Gasteiger partial charge in [0.15, 0.2) is 0 Å². The molecule has 3 rings (SSSR count). The summed E-state index contributed by atoms with van der Waals surface area (Å²) < 4.78 is 28.0. The molecule has 2 saturated heterocycles. The first kappa shape index (κ1) is 14.8. The van der Waals surface area contributed by atoms with E-state index < -0.39 is 10.0 Å². The summed E-state index contributed by atoms with van der Waals surface area (Å²) in [6.45, 7) is 3.23. The van der Waals surface area contributed by atoms with Gasteiger partial charge in [-0.3, -0.25) is 4.68 Å². The van der Waals surface area contributed by atoms with Crippen molar-refractivity contribution in [1.29, 1.82) is 0 Å². The first-order chi connectivity index (χ1) is 8.57. The molecule has 0 aliphatic carbocycles. The highest BCUT2D eigenvalue weighted by Gasteiger charge is 2.38. The van der Waals surface area contributed by atoms with E-state index in [4.69, 9.17) is 0 Å². The zero-order chi connectivity index (χ0) is 12.8. The van der Waals surface area contributed by atoms with E-state index in [0.29, 0.717) is 29.8 Å². The van der Waals surface area contributed by atoms with E-state index in [1.807, 2.05) is 0 Å². The van der Waals surface area contributed by atoms with Crippen LogP contribution in [0.25, 0.3) is 0 Å². The average Bonchev–Trinajstić information content (AvgIpc) is 2.96. The third-order valence-electron chi connectivity index (χ3n) is 3.99. The van der Waals surface area contributed by atoms with E-state index in [0.717, 1.165) is 19.5 Å². The summed E-state index contributed by atoms with van der Waals surface area (Å²) in [5, 5.41) is 7.28. The number of hydrogen-bond donors (Lipinski definition) is 1. The summed E-state index contributed by atoms with van der Waals surface area (Å²) in [6.07, 6.45) is 3.94. The molecule has 0 bridgehead atoms. The van der Waals surface area contributed by atoms with Crippen molar-refractivity contribution in [2.75, 3.05) is 26.2 Å². The number of aryl methyl sites for hydroxylation is 1. The molecule has 8 heteroatoms. The molecule has 2 aliphatic rings. The molecule has 2 atom stereocenters.